The van der Waals surface area contributed by atoms with Gasteiger partial charge in [0.25, 0.3) is 5.91 Å². The molecule has 0 spiro atoms. The predicted octanol–water partition coefficient (Wildman–Crippen LogP) is 3.78. The van der Waals surface area contributed by atoms with Crippen molar-refractivity contribution in [2.45, 2.75) is 76.0 Å². The van der Waals surface area contributed by atoms with Crippen LogP contribution < -0.4 is 10.1 Å². The minimum atomic E-state index is -1.46. The number of nitrogens with one attached hydrogen (secondary N) is 1. The summed E-state index contributed by atoms with van der Waals surface area (Å²) in [6.07, 6.45) is 6.70. The van der Waals surface area contributed by atoms with E-state index in [1.54, 1.807) is 6.20 Å². The summed E-state index contributed by atoms with van der Waals surface area (Å²) in [5.41, 5.74) is 0.555. The zero-order chi connectivity index (χ0) is 24.6. The Morgan fingerprint density at radius 3 is 2.66 bits per heavy atom. The van der Waals surface area contributed by atoms with E-state index in [1.165, 1.54) is 13.8 Å². The Kier molecular flexibility index (Phi) is 6.51. The summed E-state index contributed by atoms with van der Waals surface area (Å²) < 4.78 is 8.22. The number of aliphatic hydroxyl groups is 1. The molecule has 184 valence electrons. The lowest BCUT2D eigenvalue weighted by Gasteiger charge is -2.28. The molecule has 1 saturated carbocycles. The number of fused-ring (bicyclic) bond motifs is 3. The molecule has 1 fully saturated rings. The number of hydrogen-bond donors (Lipinski definition) is 2. The van der Waals surface area contributed by atoms with Crippen LogP contribution in [0.3, 0.4) is 0 Å². The zero-order valence-electron chi connectivity index (χ0n) is 19.9. The topological polar surface area (TPSA) is 102 Å². The van der Waals surface area contributed by atoms with Gasteiger partial charge in [0, 0.05) is 35.7 Å². The van der Waals surface area contributed by atoms with E-state index >= 15 is 0 Å². The number of hydrogen-bond acceptors (Lipinski definition) is 6. The monoisotopic (exact) mass is 495 g/mol. The van der Waals surface area contributed by atoms with Crippen LogP contribution >= 0.6 is 11.6 Å². The molecule has 1 aromatic carbocycles. The maximum atomic E-state index is 12.5. The van der Waals surface area contributed by atoms with E-state index in [1.807, 2.05) is 36.4 Å². The summed E-state index contributed by atoms with van der Waals surface area (Å²) in [6.45, 7) is 2.97. The predicted molar refractivity (Wildman–Crippen MR) is 132 cm³/mol. The Bertz CT molecular complexity index is 1200. The summed E-state index contributed by atoms with van der Waals surface area (Å²) in [6, 6.07) is 11.3. The molecule has 1 aliphatic carbocycles. The first-order chi connectivity index (χ1) is 16.8. The van der Waals surface area contributed by atoms with Crippen molar-refractivity contribution in [3.8, 4) is 11.6 Å². The third-order valence-corrected chi connectivity index (χ3v) is 7.02. The molecule has 3 heterocycles. The lowest BCUT2D eigenvalue weighted by molar-refractivity contribution is -0.137. The fourth-order valence-corrected chi connectivity index (χ4v) is 5.17. The Morgan fingerprint density at radius 2 is 1.94 bits per heavy atom. The highest BCUT2D eigenvalue weighted by molar-refractivity contribution is 6.30. The SMILES string of the molecule is CC(C)(O)C(=O)N[C@@H]1Cc2cc(Cl)ccc2-n2c(nnc2[C@H]2CC[C@H](Oc3ccccn3)CC2)C1. The molecule has 3 aromatic rings. The minimum Gasteiger partial charge on any atom is -0.474 e. The summed E-state index contributed by atoms with van der Waals surface area (Å²) in [7, 11) is 0. The number of carbonyl (C=O) groups is 1. The van der Waals surface area contributed by atoms with Gasteiger partial charge in [-0.1, -0.05) is 17.7 Å². The number of carbonyl (C=O) groups excluding carboxylic acids is 1. The third-order valence-electron chi connectivity index (χ3n) is 6.79. The molecule has 5 rings (SSSR count). The van der Waals surface area contributed by atoms with Crippen LogP contribution in [0.25, 0.3) is 5.69 Å². The molecular formula is C26H30ClN5O3. The van der Waals surface area contributed by atoms with Crippen molar-refractivity contribution >= 4 is 17.5 Å². The molecule has 9 heteroatoms. The van der Waals surface area contributed by atoms with Crippen LogP contribution in [0.5, 0.6) is 5.88 Å². The number of pyridine rings is 1. The molecule has 1 aliphatic heterocycles. The number of halogens is 1. The Morgan fingerprint density at radius 1 is 1.14 bits per heavy atom. The van der Waals surface area contributed by atoms with Crippen molar-refractivity contribution in [3.05, 3.63) is 64.8 Å². The van der Waals surface area contributed by atoms with Crippen LogP contribution in [0.15, 0.2) is 42.6 Å². The first-order valence-electron chi connectivity index (χ1n) is 12.1. The van der Waals surface area contributed by atoms with Crippen LogP contribution in [0.1, 0.15) is 62.7 Å². The van der Waals surface area contributed by atoms with Gasteiger partial charge >= 0.3 is 0 Å². The van der Waals surface area contributed by atoms with Gasteiger partial charge in [-0.05, 0) is 75.8 Å². The molecule has 35 heavy (non-hydrogen) atoms. The molecule has 0 unspecified atom stereocenters. The molecule has 2 aromatic heterocycles. The van der Waals surface area contributed by atoms with Gasteiger partial charge in [0.05, 0.1) is 5.69 Å². The normalized spacial score (nSPS) is 22.0. The molecule has 1 atom stereocenters. The maximum Gasteiger partial charge on any atom is 0.251 e. The molecule has 0 saturated heterocycles. The second kappa shape index (κ2) is 9.59. The van der Waals surface area contributed by atoms with E-state index in [0.717, 1.165) is 48.6 Å². The number of aromatic nitrogens is 4. The molecule has 2 N–H and O–H groups in total. The van der Waals surface area contributed by atoms with E-state index in [-0.39, 0.29) is 18.1 Å². The van der Waals surface area contributed by atoms with Crippen LogP contribution in [0.4, 0.5) is 0 Å². The van der Waals surface area contributed by atoms with E-state index < -0.39 is 11.5 Å². The summed E-state index contributed by atoms with van der Waals surface area (Å²) in [5, 5.41) is 22.9. The van der Waals surface area contributed by atoms with Gasteiger partial charge < -0.3 is 15.2 Å². The van der Waals surface area contributed by atoms with Gasteiger partial charge in [-0.15, -0.1) is 10.2 Å². The molecular weight excluding hydrogens is 466 g/mol. The van der Waals surface area contributed by atoms with E-state index in [0.29, 0.717) is 23.7 Å². The third kappa shape index (κ3) is 5.18. The van der Waals surface area contributed by atoms with Crippen molar-refractivity contribution in [1.29, 1.82) is 0 Å². The zero-order valence-corrected chi connectivity index (χ0v) is 20.7. The van der Waals surface area contributed by atoms with Crippen LogP contribution in [-0.4, -0.2) is 48.5 Å². The summed E-state index contributed by atoms with van der Waals surface area (Å²) in [5.74, 6) is 2.25. The Hall–Kier alpha value is -2.97. The Labute approximate surface area is 209 Å². The molecule has 2 aliphatic rings. The second-order valence-electron chi connectivity index (χ2n) is 9.98. The molecule has 0 bridgehead atoms. The quantitative estimate of drug-likeness (QED) is 0.558. The number of ether oxygens (including phenoxy) is 1. The average molecular weight is 496 g/mol. The smallest absolute Gasteiger partial charge is 0.251 e. The van der Waals surface area contributed by atoms with Crippen LogP contribution in [0, 0.1) is 0 Å². The summed E-state index contributed by atoms with van der Waals surface area (Å²) >= 11 is 6.34. The van der Waals surface area contributed by atoms with Crippen molar-refractivity contribution < 1.29 is 14.6 Å². The van der Waals surface area contributed by atoms with Crippen LogP contribution in [-0.2, 0) is 17.6 Å². The van der Waals surface area contributed by atoms with Gasteiger partial charge in [-0.2, -0.15) is 0 Å². The first-order valence-corrected chi connectivity index (χ1v) is 12.5. The number of benzene rings is 1. The summed E-state index contributed by atoms with van der Waals surface area (Å²) in [4.78, 5) is 16.8. The molecule has 8 nitrogen and oxygen atoms in total. The van der Waals surface area contributed by atoms with E-state index in [2.05, 4.69) is 25.1 Å². The van der Waals surface area contributed by atoms with Crippen LogP contribution in [0.2, 0.25) is 5.02 Å². The first kappa shape index (κ1) is 23.8. The van der Waals surface area contributed by atoms with Crippen molar-refractivity contribution in [2.24, 2.45) is 0 Å². The van der Waals surface area contributed by atoms with Gasteiger partial charge in [-0.25, -0.2) is 4.98 Å². The Balaban J connectivity index is 1.39. The van der Waals surface area contributed by atoms with Gasteiger partial charge in [0.2, 0.25) is 5.88 Å². The number of rotatable bonds is 5. The van der Waals surface area contributed by atoms with Crippen molar-refractivity contribution in [3.63, 3.8) is 0 Å². The highest BCUT2D eigenvalue weighted by atomic mass is 35.5. The maximum absolute atomic E-state index is 12.5. The largest absolute Gasteiger partial charge is 0.474 e. The fraction of sp³-hybridized carbons (Fsp3) is 0.462. The van der Waals surface area contributed by atoms with E-state index in [9.17, 15) is 9.90 Å². The number of amides is 1. The van der Waals surface area contributed by atoms with Gasteiger partial charge in [0.1, 0.15) is 23.4 Å². The molecule has 0 radical (unpaired) electrons. The number of nitrogens with zero attached hydrogens (tertiary/aromatic N) is 4. The van der Waals surface area contributed by atoms with Gasteiger partial charge in [0.15, 0.2) is 0 Å². The van der Waals surface area contributed by atoms with E-state index in [4.69, 9.17) is 16.3 Å². The average Bonchev–Trinajstić information content (AvgIpc) is 3.16. The van der Waals surface area contributed by atoms with Crippen molar-refractivity contribution in [2.75, 3.05) is 0 Å². The second-order valence-corrected chi connectivity index (χ2v) is 10.4. The minimum absolute atomic E-state index is 0.139. The molecule has 1 amide bonds. The lowest BCUT2D eigenvalue weighted by atomic mass is 9.86. The highest BCUT2D eigenvalue weighted by Gasteiger charge is 2.33. The fourth-order valence-electron chi connectivity index (χ4n) is 4.97. The van der Waals surface area contributed by atoms with Gasteiger partial charge in [-0.3, -0.25) is 9.36 Å². The van der Waals surface area contributed by atoms with Crippen molar-refractivity contribution in [1.82, 2.24) is 25.1 Å². The highest BCUT2D eigenvalue weighted by Crippen LogP contribution is 2.37. The standard InChI is InChI=1S/C26H30ClN5O3/c1-26(2,34)25(33)29-19-14-17-13-18(27)8-11-21(17)32-22(15-19)30-31-24(32)16-6-9-20(10-7-16)35-23-5-3-4-12-28-23/h3-5,8,11-13,16,19-20,34H,6-7,9-10,14-15H2,1-2H3,(H,29,33)/t16-,19-,20-/m1/s1. The lowest BCUT2D eigenvalue weighted by Crippen LogP contribution is -2.48.